The van der Waals surface area contributed by atoms with Crippen molar-refractivity contribution >= 4 is 27.6 Å². The Morgan fingerprint density at radius 1 is 1.33 bits per heavy atom. The average Bonchev–Trinajstić information content (AvgIpc) is 2.06. The SMILES string of the molecule is CCC(Cl)([SeH])Cc1ccccc1. The van der Waals surface area contributed by atoms with Gasteiger partial charge in [0, 0.05) is 0 Å². The van der Waals surface area contributed by atoms with E-state index in [1.807, 2.05) is 18.2 Å². The Labute approximate surface area is 87.1 Å². The number of halogens is 1. The normalized spacial score (nSPS) is 15.6. The van der Waals surface area contributed by atoms with Crippen molar-refractivity contribution in [2.24, 2.45) is 0 Å². The van der Waals surface area contributed by atoms with Crippen molar-refractivity contribution < 1.29 is 0 Å². The van der Waals surface area contributed by atoms with Crippen LogP contribution in [0.4, 0.5) is 0 Å². The molecule has 0 saturated carbocycles. The van der Waals surface area contributed by atoms with Crippen molar-refractivity contribution in [3.63, 3.8) is 0 Å². The van der Waals surface area contributed by atoms with Gasteiger partial charge in [-0.3, -0.25) is 0 Å². The van der Waals surface area contributed by atoms with Crippen molar-refractivity contribution in [2.75, 3.05) is 0 Å². The second-order valence-corrected chi connectivity index (χ2v) is 6.03. The number of hydrogen-bond donors (Lipinski definition) is 0. The van der Waals surface area contributed by atoms with E-state index in [9.17, 15) is 0 Å². The van der Waals surface area contributed by atoms with Gasteiger partial charge in [0.2, 0.25) is 0 Å². The van der Waals surface area contributed by atoms with Gasteiger partial charge in [0.25, 0.3) is 0 Å². The Hall–Kier alpha value is 0.0295. The summed E-state index contributed by atoms with van der Waals surface area (Å²) in [5.74, 6) is 0. The number of hydrogen-bond acceptors (Lipinski definition) is 0. The molecule has 0 radical (unpaired) electrons. The topological polar surface area (TPSA) is 0 Å². The predicted octanol–water partition coefficient (Wildman–Crippen LogP) is 2.48. The van der Waals surface area contributed by atoms with Gasteiger partial charge in [-0.25, -0.2) is 0 Å². The van der Waals surface area contributed by atoms with Crippen LogP contribution in [-0.2, 0) is 6.42 Å². The molecule has 0 heterocycles. The summed E-state index contributed by atoms with van der Waals surface area (Å²) in [5.41, 5.74) is 1.30. The summed E-state index contributed by atoms with van der Waals surface area (Å²) in [6.45, 7) is 2.11. The average molecular weight is 248 g/mol. The van der Waals surface area contributed by atoms with E-state index in [0.29, 0.717) is 0 Å². The summed E-state index contributed by atoms with van der Waals surface area (Å²) in [7, 11) is 0. The van der Waals surface area contributed by atoms with Gasteiger partial charge in [0.1, 0.15) is 0 Å². The third kappa shape index (κ3) is 3.18. The standard InChI is InChI=1S/C10H13ClSe/c1-2-10(11,12)8-9-6-4-3-5-7-9/h3-7,12H,2,8H2,1H3. The Bertz CT molecular complexity index is 231. The van der Waals surface area contributed by atoms with Crippen molar-refractivity contribution in [3.05, 3.63) is 35.9 Å². The fourth-order valence-corrected chi connectivity index (χ4v) is 1.57. The van der Waals surface area contributed by atoms with Crippen LogP contribution in [0.3, 0.4) is 0 Å². The zero-order chi connectivity index (χ0) is 9.03. The van der Waals surface area contributed by atoms with Crippen LogP contribution in [0.15, 0.2) is 30.3 Å². The van der Waals surface area contributed by atoms with Crippen LogP contribution in [0.1, 0.15) is 18.9 Å². The first kappa shape index (κ1) is 10.1. The molecule has 0 N–H and O–H groups in total. The first-order valence-corrected chi connectivity index (χ1v) is 5.41. The number of benzene rings is 1. The van der Waals surface area contributed by atoms with Gasteiger partial charge in [0.15, 0.2) is 0 Å². The predicted molar refractivity (Wildman–Crippen MR) is 56.2 cm³/mol. The molecule has 0 spiro atoms. The third-order valence-corrected chi connectivity index (χ3v) is 3.26. The van der Waals surface area contributed by atoms with E-state index >= 15 is 0 Å². The van der Waals surface area contributed by atoms with Crippen molar-refractivity contribution in [1.82, 2.24) is 0 Å². The minimum absolute atomic E-state index is 0.144. The van der Waals surface area contributed by atoms with E-state index in [4.69, 9.17) is 11.6 Å². The summed E-state index contributed by atoms with van der Waals surface area (Å²) >= 11 is 8.78. The van der Waals surface area contributed by atoms with Crippen LogP contribution in [0.2, 0.25) is 0 Å². The fraction of sp³-hybridized carbons (Fsp3) is 0.400. The van der Waals surface area contributed by atoms with Gasteiger partial charge in [-0.2, -0.15) is 0 Å². The molecule has 0 amide bonds. The molecule has 0 aliphatic carbocycles. The Kier molecular flexibility index (Phi) is 3.64. The summed E-state index contributed by atoms with van der Waals surface area (Å²) in [5, 5.41) is 0. The molecule has 12 heavy (non-hydrogen) atoms. The second kappa shape index (κ2) is 4.32. The fourth-order valence-electron chi connectivity index (χ4n) is 1.03. The summed E-state index contributed by atoms with van der Waals surface area (Å²) in [6.07, 6.45) is 1.90. The first-order chi connectivity index (χ1) is 5.64. The van der Waals surface area contributed by atoms with Gasteiger partial charge < -0.3 is 0 Å². The van der Waals surface area contributed by atoms with Gasteiger partial charge >= 0.3 is 87.0 Å². The number of alkyl halides is 1. The van der Waals surface area contributed by atoms with Crippen LogP contribution in [0.25, 0.3) is 0 Å². The molecule has 1 atom stereocenters. The first-order valence-electron chi connectivity index (χ1n) is 4.09. The second-order valence-electron chi connectivity index (χ2n) is 2.93. The minimum atomic E-state index is -0.144. The molecule has 2 heteroatoms. The third-order valence-electron chi connectivity index (χ3n) is 1.86. The van der Waals surface area contributed by atoms with Crippen molar-refractivity contribution in [3.8, 4) is 0 Å². The molecule has 1 rings (SSSR count). The van der Waals surface area contributed by atoms with E-state index < -0.39 is 0 Å². The molecule has 66 valence electrons. The van der Waals surface area contributed by atoms with Gasteiger partial charge in [-0.05, 0) is 0 Å². The maximum atomic E-state index is 6.23. The van der Waals surface area contributed by atoms with Crippen LogP contribution in [0.5, 0.6) is 0 Å². The molecule has 0 aliphatic rings. The zero-order valence-electron chi connectivity index (χ0n) is 7.13. The van der Waals surface area contributed by atoms with E-state index in [-0.39, 0.29) is 3.77 Å². The van der Waals surface area contributed by atoms with Crippen molar-refractivity contribution in [2.45, 2.75) is 23.5 Å². The van der Waals surface area contributed by atoms with Crippen LogP contribution >= 0.6 is 11.6 Å². The molecule has 0 nitrogen and oxygen atoms in total. The van der Waals surface area contributed by atoms with E-state index in [1.165, 1.54) is 5.56 Å². The number of rotatable bonds is 3. The Balaban J connectivity index is 2.64. The molecule has 1 aromatic rings. The maximum absolute atomic E-state index is 6.23. The van der Waals surface area contributed by atoms with Gasteiger partial charge in [-0.1, -0.05) is 0 Å². The monoisotopic (exact) mass is 248 g/mol. The van der Waals surface area contributed by atoms with Gasteiger partial charge in [-0.15, -0.1) is 0 Å². The van der Waals surface area contributed by atoms with Crippen molar-refractivity contribution in [1.29, 1.82) is 0 Å². The van der Waals surface area contributed by atoms with E-state index in [0.717, 1.165) is 12.8 Å². The molecule has 0 aromatic heterocycles. The molecule has 0 aliphatic heterocycles. The van der Waals surface area contributed by atoms with E-state index in [1.54, 1.807) is 0 Å². The molecule has 0 saturated heterocycles. The molecule has 1 aromatic carbocycles. The summed E-state index contributed by atoms with van der Waals surface area (Å²) < 4.78 is -0.144. The quantitative estimate of drug-likeness (QED) is 0.569. The Morgan fingerprint density at radius 2 is 1.92 bits per heavy atom. The Morgan fingerprint density at radius 3 is 2.42 bits per heavy atom. The van der Waals surface area contributed by atoms with E-state index in [2.05, 4.69) is 35.1 Å². The zero-order valence-corrected chi connectivity index (χ0v) is 9.76. The summed E-state index contributed by atoms with van der Waals surface area (Å²) in [4.78, 5) is 0. The summed E-state index contributed by atoms with van der Waals surface area (Å²) in [6, 6.07) is 10.3. The molecule has 1 unspecified atom stereocenters. The molecule has 0 fully saturated rings. The van der Waals surface area contributed by atoms with Gasteiger partial charge in [0.05, 0.1) is 0 Å². The molecular formula is C10H13ClSe. The molecular weight excluding hydrogens is 235 g/mol. The van der Waals surface area contributed by atoms with Crippen LogP contribution in [-0.4, -0.2) is 19.8 Å². The molecule has 0 bridgehead atoms. The van der Waals surface area contributed by atoms with Crippen LogP contribution in [0, 0.1) is 0 Å². The van der Waals surface area contributed by atoms with Crippen LogP contribution < -0.4 is 0 Å².